The Morgan fingerprint density at radius 3 is 2.59 bits per heavy atom. The number of aliphatic hydroxyl groups is 1. The molecule has 2 fully saturated rings. The molecule has 2 aliphatic rings. The Balaban J connectivity index is 1.53. The lowest BCUT2D eigenvalue weighted by Gasteiger charge is -2.34. The fourth-order valence-electron chi connectivity index (χ4n) is 5.13. The molecule has 0 aromatic carbocycles. The standard InChI is InChI=1S/C26H37N7O/c1-17(2)13-20-16-27-18(3)25(29-20)21-14-23-30-22(32-11-5-6-12-32)15-24(33(23)31-21)28-19-7-9-26(4,34)10-8-19/h14-17,19,28,34H,5-13H2,1-4H3/t19-,26-. The molecule has 1 aliphatic carbocycles. The summed E-state index contributed by atoms with van der Waals surface area (Å²) < 4.78 is 1.91. The molecule has 4 heterocycles. The fourth-order valence-corrected chi connectivity index (χ4v) is 5.13. The minimum atomic E-state index is -0.553. The van der Waals surface area contributed by atoms with E-state index in [0.717, 1.165) is 85.3 Å². The molecule has 8 nitrogen and oxygen atoms in total. The minimum Gasteiger partial charge on any atom is -0.390 e. The smallest absolute Gasteiger partial charge is 0.160 e. The van der Waals surface area contributed by atoms with Crippen LogP contribution >= 0.6 is 0 Å². The summed E-state index contributed by atoms with van der Waals surface area (Å²) in [6.07, 6.45) is 8.66. The quantitative estimate of drug-likeness (QED) is 0.560. The van der Waals surface area contributed by atoms with E-state index >= 15 is 0 Å². The number of rotatable bonds is 6. The molecule has 2 N–H and O–H groups in total. The average molecular weight is 464 g/mol. The zero-order valence-corrected chi connectivity index (χ0v) is 20.9. The van der Waals surface area contributed by atoms with Crippen molar-refractivity contribution in [3.63, 3.8) is 0 Å². The zero-order valence-electron chi connectivity index (χ0n) is 20.9. The number of anilines is 2. The lowest BCUT2D eigenvalue weighted by Crippen LogP contribution is -2.36. The molecule has 0 spiro atoms. The van der Waals surface area contributed by atoms with E-state index in [1.807, 2.05) is 30.6 Å². The van der Waals surface area contributed by atoms with Crippen molar-refractivity contribution in [3.8, 4) is 11.4 Å². The summed E-state index contributed by atoms with van der Waals surface area (Å²) in [6, 6.07) is 4.48. The Bertz CT molecular complexity index is 1150. The number of fused-ring (bicyclic) bond motifs is 1. The van der Waals surface area contributed by atoms with Gasteiger partial charge < -0.3 is 15.3 Å². The van der Waals surface area contributed by atoms with Crippen LogP contribution in [0.15, 0.2) is 18.3 Å². The van der Waals surface area contributed by atoms with Crippen molar-refractivity contribution in [2.45, 2.75) is 84.3 Å². The maximum absolute atomic E-state index is 10.4. The molecule has 0 bridgehead atoms. The van der Waals surface area contributed by atoms with Crippen LogP contribution < -0.4 is 10.2 Å². The second kappa shape index (κ2) is 9.13. The molecular weight excluding hydrogens is 426 g/mol. The first kappa shape index (κ1) is 23.0. The third-order valence-corrected chi connectivity index (χ3v) is 7.12. The predicted molar refractivity (Wildman–Crippen MR) is 135 cm³/mol. The van der Waals surface area contributed by atoms with E-state index in [0.29, 0.717) is 12.0 Å². The predicted octanol–water partition coefficient (Wildman–Crippen LogP) is 4.40. The maximum atomic E-state index is 10.4. The molecule has 3 aromatic heterocycles. The van der Waals surface area contributed by atoms with Crippen LogP contribution in [0, 0.1) is 12.8 Å². The Kier molecular flexibility index (Phi) is 6.18. The molecule has 3 aromatic rings. The summed E-state index contributed by atoms with van der Waals surface area (Å²) in [6.45, 7) is 10.4. The highest BCUT2D eigenvalue weighted by Gasteiger charge is 2.29. The largest absolute Gasteiger partial charge is 0.390 e. The molecule has 0 amide bonds. The van der Waals surface area contributed by atoms with Gasteiger partial charge in [-0.1, -0.05) is 13.8 Å². The molecule has 34 heavy (non-hydrogen) atoms. The van der Waals surface area contributed by atoms with Crippen LogP contribution in [0.4, 0.5) is 11.6 Å². The monoisotopic (exact) mass is 463 g/mol. The Hall–Kier alpha value is -2.74. The van der Waals surface area contributed by atoms with Gasteiger partial charge in [0.2, 0.25) is 0 Å². The molecule has 5 rings (SSSR count). The molecule has 0 unspecified atom stereocenters. The Labute approximate surface area is 201 Å². The van der Waals surface area contributed by atoms with E-state index in [9.17, 15) is 5.11 Å². The van der Waals surface area contributed by atoms with E-state index in [2.05, 4.69) is 35.1 Å². The van der Waals surface area contributed by atoms with Crippen LogP contribution in [-0.2, 0) is 6.42 Å². The lowest BCUT2D eigenvalue weighted by atomic mass is 9.84. The van der Waals surface area contributed by atoms with Gasteiger partial charge in [-0.3, -0.25) is 4.98 Å². The van der Waals surface area contributed by atoms with E-state index < -0.39 is 5.60 Å². The Morgan fingerprint density at radius 1 is 1.15 bits per heavy atom. The van der Waals surface area contributed by atoms with Crippen molar-refractivity contribution in [1.82, 2.24) is 24.6 Å². The first-order chi connectivity index (χ1) is 16.3. The second-order valence-electron chi connectivity index (χ2n) is 10.8. The van der Waals surface area contributed by atoms with Crippen LogP contribution in [0.1, 0.15) is 70.7 Å². The van der Waals surface area contributed by atoms with Crippen molar-refractivity contribution >= 4 is 17.3 Å². The van der Waals surface area contributed by atoms with Crippen LogP contribution in [0.25, 0.3) is 17.0 Å². The first-order valence-electron chi connectivity index (χ1n) is 12.7. The molecule has 8 heteroatoms. The van der Waals surface area contributed by atoms with E-state index in [-0.39, 0.29) is 0 Å². The number of hydrogen-bond donors (Lipinski definition) is 2. The normalized spacial score (nSPS) is 23.2. The van der Waals surface area contributed by atoms with Crippen LogP contribution in [-0.4, -0.2) is 54.4 Å². The third-order valence-electron chi connectivity index (χ3n) is 7.12. The van der Waals surface area contributed by atoms with Gasteiger partial charge in [-0.2, -0.15) is 9.61 Å². The van der Waals surface area contributed by atoms with E-state index in [4.69, 9.17) is 15.1 Å². The highest BCUT2D eigenvalue weighted by Crippen LogP contribution is 2.32. The molecule has 1 saturated heterocycles. The molecular formula is C26H37N7O. The fraction of sp³-hybridized carbons (Fsp3) is 0.615. The summed E-state index contributed by atoms with van der Waals surface area (Å²) >= 11 is 0. The van der Waals surface area contributed by atoms with Crippen molar-refractivity contribution in [3.05, 3.63) is 29.7 Å². The number of nitrogens with zero attached hydrogens (tertiary/aromatic N) is 6. The van der Waals surface area contributed by atoms with Crippen molar-refractivity contribution in [2.24, 2.45) is 5.92 Å². The Morgan fingerprint density at radius 2 is 1.88 bits per heavy atom. The van der Waals surface area contributed by atoms with Gasteiger partial charge in [0.05, 0.1) is 17.0 Å². The summed E-state index contributed by atoms with van der Waals surface area (Å²) in [5, 5.41) is 19.1. The SMILES string of the molecule is Cc1ncc(CC(C)C)nc1-c1cc2nc(N3CCCC3)cc(N[C@H]3CC[C@](C)(O)CC3)n2n1. The summed E-state index contributed by atoms with van der Waals surface area (Å²) in [5.74, 6) is 2.47. The molecule has 0 radical (unpaired) electrons. The number of aromatic nitrogens is 5. The number of hydrogen-bond acceptors (Lipinski definition) is 7. The molecule has 1 saturated carbocycles. The highest BCUT2D eigenvalue weighted by atomic mass is 16.3. The number of nitrogens with one attached hydrogen (secondary N) is 1. The highest BCUT2D eigenvalue weighted by molar-refractivity contribution is 5.67. The van der Waals surface area contributed by atoms with E-state index in [1.165, 1.54) is 12.8 Å². The molecule has 182 valence electrons. The van der Waals surface area contributed by atoms with Gasteiger partial charge in [-0.25, -0.2) is 9.97 Å². The third kappa shape index (κ3) is 4.87. The van der Waals surface area contributed by atoms with Gasteiger partial charge in [0.1, 0.15) is 23.0 Å². The second-order valence-corrected chi connectivity index (χ2v) is 10.8. The van der Waals surface area contributed by atoms with Gasteiger partial charge in [0, 0.05) is 37.5 Å². The summed E-state index contributed by atoms with van der Waals surface area (Å²) in [5.41, 5.74) is 3.76. The number of aryl methyl sites for hydroxylation is 1. The molecule has 0 atom stereocenters. The lowest BCUT2D eigenvalue weighted by molar-refractivity contribution is 0.0196. The first-order valence-corrected chi connectivity index (χ1v) is 12.7. The summed E-state index contributed by atoms with van der Waals surface area (Å²) in [7, 11) is 0. The van der Waals surface area contributed by atoms with Crippen molar-refractivity contribution < 1.29 is 5.11 Å². The van der Waals surface area contributed by atoms with Gasteiger partial charge in [-0.15, -0.1) is 0 Å². The van der Waals surface area contributed by atoms with Gasteiger partial charge in [0.15, 0.2) is 5.65 Å². The van der Waals surface area contributed by atoms with Crippen molar-refractivity contribution in [2.75, 3.05) is 23.3 Å². The van der Waals surface area contributed by atoms with E-state index in [1.54, 1.807) is 0 Å². The van der Waals surface area contributed by atoms with Crippen LogP contribution in [0.2, 0.25) is 0 Å². The molecule has 1 aliphatic heterocycles. The average Bonchev–Trinajstić information content (AvgIpc) is 3.46. The van der Waals surface area contributed by atoms with Crippen molar-refractivity contribution in [1.29, 1.82) is 0 Å². The van der Waals surface area contributed by atoms with Gasteiger partial charge in [-0.05, 0) is 64.7 Å². The van der Waals surface area contributed by atoms with Crippen LogP contribution in [0.5, 0.6) is 0 Å². The van der Waals surface area contributed by atoms with Gasteiger partial charge in [0.25, 0.3) is 0 Å². The van der Waals surface area contributed by atoms with Crippen LogP contribution in [0.3, 0.4) is 0 Å². The zero-order chi connectivity index (χ0) is 23.9. The minimum absolute atomic E-state index is 0.306. The topological polar surface area (TPSA) is 91.5 Å². The van der Waals surface area contributed by atoms with Gasteiger partial charge >= 0.3 is 0 Å². The maximum Gasteiger partial charge on any atom is 0.160 e. The summed E-state index contributed by atoms with van der Waals surface area (Å²) in [4.78, 5) is 16.9.